The number of aromatic nitrogens is 2. The summed E-state index contributed by atoms with van der Waals surface area (Å²) in [6.45, 7) is 11.3. The van der Waals surface area contributed by atoms with Gasteiger partial charge in [0.2, 0.25) is 0 Å². The molecule has 0 saturated carbocycles. The molecule has 0 aliphatic rings. The number of hydrogen-bond donors (Lipinski definition) is 1. The molecule has 1 aromatic rings. The van der Waals surface area contributed by atoms with Crippen LogP contribution in [-0.2, 0) is 11.3 Å². The van der Waals surface area contributed by atoms with Gasteiger partial charge in [-0.15, -0.1) is 0 Å². The van der Waals surface area contributed by atoms with Gasteiger partial charge in [0.25, 0.3) is 0 Å². The zero-order valence-electron chi connectivity index (χ0n) is 12.9. The van der Waals surface area contributed by atoms with Gasteiger partial charge in [-0.2, -0.15) is 5.10 Å². The molecule has 1 heterocycles. The molecule has 0 aliphatic heterocycles. The molecule has 0 aliphatic carbocycles. The van der Waals surface area contributed by atoms with E-state index in [1.807, 2.05) is 6.20 Å². The summed E-state index contributed by atoms with van der Waals surface area (Å²) < 4.78 is 8.01. The van der Waals surface area contributed by atoms with E-state index in [0.717, 1.165) is 39.0 Å². The number of aryl methyl sites for hydroxylation is 1. The van der Waals surface area contributed by atoms with Gasteiger partial charge >= 0.3 is 0 Å². The van der Waals surface area contributed by atoms with Crippen LogP contribution in [0, 0.1) is 0 Å². The number of nitrogens with zero attached hydrogens (tertiary/aromatic N) is 2. The zero-order valence-corrected chi connectivity index (χ0v) is 12.9. The van der Waals surface area contributed by atoms with E-state index in [2.05, 4.69) is 48.9 Å². The van der Waals surface area contributed by atoms with Crippen LogP contribution in [0.2, 0.25) is 0 Å². The summed E-state index contributed by atoms with van der Waals surface area (Å²) in [6.07, 6.45) is 5.34. The third-order valence-corrected chi connectivity index (χ3v) is 3.27. The van der Waals surface area contributed by atoms with Crippen molar-refractivity contribution in [2.24, 2.45) is 0 Å². The first-order valence-electron chi connectivity index (χ1n) is 7.65. The van der Waals surface area contributed by atoms with Gasteiger partial charge in [-0.1, -0.05) is 20.8 Å². The largest absolute Gasteiger partial charge is 0.376 e. The van der Waals surface area contributed by atoms with Crippen molar-refractivity contribution in [2.45, 2.75) is 65.6 Å². The van der Waals surface area contributed by atoms with E-state index >= 15 is 0 Å². The highest BCUT2D eigenvalue weighted by Gasteiger charge is 2.24. The average Bonchev–Trinajstić information content (AvgIpc) is 2.86. The highest BCUT2D eigenvalue weighted by molar-refractivity contribution is 5.09. The van der Waals surface area contributed by atoms with Crippen molar-refractivity contribution < 1.29 is 4.74 Å². The molecule has 0 amide bonds. The summed E-state index contributed by atoms with van der Waals surface area (Å²) in [4.78, 5) is 0. The Bertz CT molecular complexity index is 338. The molecule has 0 saturated heterocycles. The molecular weight excluding hydrogens is 238 g/mol. The van der Waals surface area contributed by atoms with Crippen LogP contribution in [0.15, 0.2) is 12.3 Å². The van der Waals surface area contributed by atoms with Gasteiger partial charge in [0.1, 0.15) is 0 Å². The highest BCUT2D eigenvalue weighted by Crippen LogP contribution is 2.22. The molecule has 2 atom stereocenters. The third-order valence-electron chi connectivity index (χ3n) is 3.27. The van der Waals surface area contributed by atoms with Gasteiger partial charge in [-0.25, -0.2) is 0 Å². The van der Waals surface area contributed by atoms with E-state index in [9.17, 15) is 0 Å². The molecule has 0 radical (unpaired) electrons. The Morgan fingerprint density at radius 1 is 1.26 bits per heavy atom. The molecule has 1 aromatic heterocycles. The maximum Gasteiger partial charge on any atom is 0.0782 e. The predicted octanol–water partition coefficient (Wildman–Crippen LogP) is 3.15. The van der Waals surface area contributed by atoms with Crippen molar-refractivity contribution in [1.82, 2.24) is 15.1 Å². The Morgan fingerprint density at radius 2 is 2.05 bits per heavy atom. The molecule has 4 nitrogen and oxygen atoms in total. The second-order valence-corrected chi connectivity index (χ2v) is 4.81. The zero-order chi connectivity index (χ0) is 14.1. The van der Waals surface area contributed by atoms with Gasteiger partial charge in [-0.3, -0.25) is 4.68 Å². The molecule has 2 unspecified atom stereocenters. The van der Waals surface area contributed by atoms with E-state index < -0.39 is 0 Å². The van der Waals surface area contributed by atoms with Gasteiger partial charge in [0, 0.05) is 19.3 Å². The van der Waals surface area contributed by atoms with Gasteiger partial charge in [0.05, 0.1) is 17.8 Å². The van der Waals surface area contributed by atoms with E-state index in [1.54, 1.807) is 0 Å². The molecule has 0 bridgehead atoms. The van der Waals surface area contributed by atoms with Crippen molar-refractivity contribution in [2.75, 3.05) is 13.2 Å². The maximum absolute atomic E-state index is 5.90. The van der Waals surface area contributed by atoms with Crippen LogP contribution in [0.5, 0.6) is 0 Å². The van der Waals surface area contributed by atoms with Crippen LogP contribution >= 0.6 is 0 Å². The Hall–Kier alpha value is -0.870. The summed E-state index contributed by atoms with van der Waals surface area (Å²) in [6, 6.07) is 2.35. The topological polar surface area (TPSA) is 39.1 Å². The predicted molar refractivity (Wildman–Crippen MR) is 79.3 cm³/mol. The SMILES string of the molecule is CCCNC(c1ccnn1CCC)C(CC)OCC. The molecule has 1 N–H and O–H groups in total. The third kappa shape index (κ3) is 4.62. The highest BCUT2D eigenvalue weighted by atomic mass is 16.5. The van der Waals surface area contributed by atoms with Crippen LogP contribution < -0.4 is 5.32 Å². The van der Waals surface area contributed by atoms with E-state index in [4.69, 9.17) is 4.74 Å². The van der Waals surface area contributed by atoms with Crippen molar-refractivity contribution >= 4 is 0 Å². The minimum absolute atomic E-state index is 0.212. The normalized spacial score (nSPS) is 14.5. The molecule has 0 fully saturated rings. The maximum atomic E-state index is 5.90. The molecular formula is C15H29N3O. The Kier molecular flexibility index (Phi) is 7.75. The van der Waals surface area contributed by atoms with Gasteiger partial charge in [-0.05, 0) is 38.8 Å². The monoisotopic (exact) mass is 267 g/mol. The molecule has 19 heavy (non-hydrogen) atoms. The first kappa shape index (κ1) is 16.2. The molecule has 0 spiro atoms. The summed E-state index contributed by atoms with van der Waals surface area (Å²) in [5, 5.41) is 8.05. The summed E-state index contributed by atoms with van der Waals surface area (Å²) >= 11 is 0. The second kappa shape index (κ2) is 9.10. The fraction of sp³-hybridized carbons (Fsp3) is 0.800. The lowest BCUT2D eigenvalue weighted by atomic mass is 10.0. The number of hydrogen-bond acceptors (Lipinski definition) is 3. The molecule has 0 aromatic carbocycles. The van der Waals surface area contributed by atoms with Crippen molar-refractivity contribution in [3.05, 3.63) is 18.0 Å². The standard InChI is InChI=1S/C15H29N3O/c1-5-10-16-15(14(7-3)19-8-4)13-9-11-17-18(13)12-6-2/h9,11,14-16H,5-8,10,12H2,1-4H3. The lowest BCUT2D eigenvalue weighted by molar-refractivity contribution is 0.0291. The molecule has 4 heteroatoms. The van der Waals surface area contributed by atoms with Crippen molar-refractivity contribution in [3.63, 3.8) is 0 Å². The lowest BCUT2D eigenvalue weighted by Crippen LogP contribution is -2.35. The first-order valence-corrected chi connectivity index (χ1v) is 7.65. The van der Waals surface area contributed by atoms with Crippen molar-refractivity contribution in [3.8, 4) is 0 Å². The average molecular weight is 267 g/mol. The van der Waals surface area contributed by atoms with E-state index in [0.29, 0.717) is 0 Å². The van der Waals surface area contributed by atoms with Crippen molar-refractivity contribution in [1.29, 1.82) is 0 Å². The Balaban J connectivity index is 2.90. The second-order valence-electron chi connectivity index (χ2n) is 4.81. The fourth-order valence-corrected chi connectivity index (χ4v) is 2.40. The lowest BCUT2D eigenvalue weighted by Gasteiger charge is -2.28. The summed E-state index contributed by atoms with van der Waals surface area (Å²) in [5.41, 5.74) is 1.25. The van der Waals surface area contributed by atoms with Crippen LogP contribution in [0.25, 0.3) is 0 Å². The van der Waals surface area contributed by atoms with Gasteiger partial charge < -0.3 is 10.1 Å². The van der Waals surface area contributed by atoms with E-state index in [-0.39, 0.29) is 12.1 Å². The van der Waals surface area contributed by atoms with Crippen LogP contribution in [0.3, 0.4) is 0 Å². The Labute approximate surface area is 117 Å². The first-order chi connectivity index (χ1) is 9.28. The minimum atomic E-state index is 0.212. The van der Waals surface area contributed by atoms with Crippen LogP contribution in [0.1, 0.15) is 58.7 Å². The Morgan fingerprint density at radius 3 is 2.63 bits per heavy atom. The van der Waals surface area contributed by atoms with Gasteiger partial charge in [0.15, 0.2) is 0 Å². The summed E-state index contributed by atoms with van der Waals surface area (Å²) in [5.74, 6) is 0. The molecule has 110 valence electrons. The van der Waals surface area contributed by atoms with Crippen LogP contribution in [-0.4, -0.2) is 29.0 Å². The molecule has 1 rings (SSSR count). The number of nitrogens with one attached hydrogen (secondary N) is 1. The smallest absolute Gasteiger partial charge is 0.0782 e. The minimum Gasteiger partial charge on any atom is -0.376 e. The van der Waals surface area contributed by atoms with Crippen LogP contribution in [0.4, 0.5) is 0 Å². The number of ether oxygens (including phenoxy) is 1. The number of rotatable bonds is 10. The summed E-state index contributed by atoms with van der Waals surface area (Å²) in [7, 11) is 0. The fourth-order valence-electron chi connectivity index (χ4n) is 2.40. The van der Waals surface area contributed by atoms with E-state index in [1.165, 1.54) is 5.69 Å². The quantitative estimate of drug-likeness (QED) is 0.708.